The molecule has 534 valence electrons. The van der Waals surface area contributed by atoms with E-state index >= 15 is 0 Å². The fourth-order valence-electron chi connectivity index (χ4n) is 15.9. The Morgan fingerprint density at radius 1 is 0.822 bits per heavy atom. The van der Waals surface area contributed by atoms with Gasteiger partial charge in [-0.3, -0.25) is 48.2 Å². The fourth-order valence-corrected chi connectivity index (χ4v) is 17.2. The molecule has 4 aliphatic carbocycles. The standard InChI is InChI=1S/C71H83N13O15S2/c1-43(2)58(80-55(85)17-6-5-9-27-84-56(86)24-25-57(84)87)63(90)78-52(15-11-26-73-65(72)93)62(89)75-47-20-18-44(19-21-47)35-98-67(94)82(29-31-101(95,96)97)28-30-99-71-39-68(3)36-69(4,40-71)38-70(37-68,41-71)42-83-34-46(33-74-83)48-22-23-50(76-60(48)64(91)92)53-32-45-12-10-13-49(59(45)77-53)61(88)81-66-79-51-14-7-8-16-54(51)100-66/h7-8,10,12-14,16,18-25,32-34,43,52,58,77H,5-6,9,11,15,17,26-31,35-42H2,1-4H3,(H,75,89)(H,78,90)(H,80,85)(H,91,92)(H3,72,73,93)(H,79,81,88)(H,95,96,97)/t52-,58?,68?,69?,70?,71?/m0/s1. The maximum absolute atomic E-state index is 13.9. The second-order valence-corrected chi connectivity index (χ2v) is 30.8. The number of benzene rings is 3. The summed E-state index contributed by atoms with van der Waals surface area (Å²) in [6.45, 7) is 8.18. The summed E-state index contributed by atoms with van der Waals surface area (Å²) in [6.07, 6.45) is 11.8. The third kappa shape index (κ3) is 17.8. The second kappa shape index (κ2) is 30.1. The third-order valence-corrected chi connectivity index (χ3v) is 20.8. The zero-order valence-electron chi connectivity index (χ0n) is 56.5. The van der Waals surface area contributed by atoms with E-state index < -0.39 is 75.9 Å². The molecule has 0 saturated heterocycles. The number of pyridine rings is 1. The number of aromatic amines is 1. The number of carbonyl (C=O) groups excluding carboxylic acids is 8. The summed E-state index contributed by atoms with van der Waals surface area (Å²) in [5, 5.41) is 30.3. The molecule has 1 aliphatic heterocycles. The Kier molecular flexibility index (Phi) is 21.6. The van der Waals surface area contributed by atoms with E-state index in [9.17, 15) is 61.2 Å². The molecule has 4 atom stereocenters. The Labute approximate surface area is 586 Å². The first-order valence-corrected chi connectivity index (χ1v) is 36.1. The van der Waals surface area contributed by atoms with Gasteiger partial charge in [-0.15, -0.1) is 0 Å². The number of primary amides is 1. The number of aromatic carboxylic acids is 1. The van der Waals surface area contributed by atoms with E-state index in [-0.39, 0.29) is 97.7 Å². The van der Waals surface area contributed by atoms with Gasteiger partial charge < -0.3 is 51.5 Å². The van der Waals surface area contributed by atoms with Gasteiger partial charge in [-0.05, 0) is 140 Å². The number of fused-ring (bicyclic) bond motifs is 2. The number of H-pyrrole nitrogens is 1. The predicted octanol–water partition coefficient (Wildman–Crippen LogP) is 8.81. The molecule has 4 fully saturated rings. The molecule has 30 heteroatoms. The van der Waals surface area contributed by atoms with E-state index in [0.29, 0.717) is 82.2 Å². The Balaban J connectivity index is 0.695. The number of thiazole rings is 1. The molecule has 10 N–H and O–H groups in total. The first-order valence-electron chi connectivity index (χ1n) is 33.7. The van der Waals surface area contributed by atoms with Crippen molar-refractivity contribution in [2.45, 2.75) is 136 Å². The van der Waals surface area contributed by atoms with Crippen molar-refractivity contribution >= 4 is 107 Å². The number of imide groups is 1. The van der Waals surface area contributed by atoms with Gasteiger partial charge in [-0.25, -0.2) is 24.4 Å². The van der Waals surface area contributed by atoms with Crippen LogP contribution in [-0.2, 0) is 56.7 Å². The smallest absolute Gasteiger partial charge is 0.410 e. The lowest BCUT2D eigenvalue weighted by Gasteiger charge is -2.69. The van der Waals surface area contributed by atoms with Gasteiger partial charge in [0.2, 0.25) is 17.7 Å². The summed E-state index contributed by atoms with van der Waals surface area (Å²) < 4.78 is 49.4. The van der Waals surface area contributed by atoms with Crippen LogP contribution in [0.3, 0.4) is 0 Å². The van der Waals surface area contributed by atoms with Crippen LogP contribution in [0.4, 0.5) is 20.4 Å². The number of aromatic nitrogens is 5. The summed E-state index contributed by atoms with van der Waals surface area (Å²) in [5.74, 6) is -5.11. The number of hydrogen-bond acceptors (Lipinski definition) is 17. The van der Waals surface area contributed by atoms with Crippen LogP contribution in [0.15, 0.2) is 109 Å². The van der Waals surface area contributed by atoms with Crippen LogP contribution < -0.4 is 32.3 Å². The van der Waals surface area contributed by atoms with Crippen molar-refractivity contribution in [3.63, 3.8) is 0 Å². The Morgan fingerprint density at radius 2 is 1.56 bits per heavy atom. The molecule has 4 bridgehead atoms. The number of carboxylic acid groups (broad SMARTS) is 1. The number of rotatable bonds is 32. The van der Waals surface area contributed by atoms with E-state index in [4.69, 9.17) is 20.3 Å². The lowest BCUT2D eigenvalue weighted by Crippen LogP contribution is -2.64. The molecule has 0 spiro atoms. The van der Waals surface area contributed by atoms with Gasteiger partial charge in [-0.1, -0.05) is 81.9 Å². The van der Waals surface area contributed by atoms with Crippen LogP contribution in [0.5, 0.6) is 0 Å². The van der Waals surface area contributed by atoms with E-state index in [0.717, 1.165) is 52.6 Å². The van der Waals surface area contributed by atoms with Crippen LogP contribution in [0.1, 0.15) is 131 Å². The van der Waals surface area contributed by atoms with Gasteiger partial charge >= 0.3 is 18.1 Å². The lowest BCUT2D eigenvalue weighted by atomic mass is 9.39. The molecule has 5 aliphatic rings. The van der Waals surface area contributed by atoms with Crippen molar-refractivity contribution in [1.82, 2.24) is 50.5 Å². The zero-order chi connectivity index (χ0) is 72.0. The van der Waals surface area contributed by atoms with Crippen LogP contribution >= 0.6 is 11.3 Å². The number of ether oxygens (including phenoxy) is 2. The van der Waals surface area contributed by atoms with Crippen molar-refractivity contribution in [3.05, 3.63) is 126 Å². The first kappa shape index (κ1) is 72.3. The summed E-state index contributed by atoms with van der Waals surface area (Å²) in [4.78, 5) is 131. The maximum Gasteiger partial charge on any atom is 0.410 e. The van der Waals surface area contributed by atoms with Crippen molar-refractivity contribution in [2.24, 2.45) is 27.9 Å². The normalized spacial score (nSPS) is 20.5. The van der Waals surface area contributed by atoms with Crippen molar-refractivity contribution in [2.75, 3.05) is 49.2 Å². The molecule has 4 saturated carbocycles. The Bertz CT molecular complexity index is 4420. The molecular weight excluding hydrogens is 1340 g/mol. The van der Waals surface area contributed by atoms with Crippen molar-refractivity contribution in [1.29, 1.82) is 0 Å². The minimum Gasteiger partial charge on any atom is -0.476 e. The van der Waals surface area contributed by atoms with Gasteiger partial charge in [0, 0.05) is 79.7 Å². The molecule has 28 nitrogen and oxygen atoms in total. The summed E-state index contributed by atoms with van der Waals surface area (Å²) in [6, 6.07) is 21.6. The average molecular weight is 1420 g/mol. The molecule has 4 aromatic heterocycles. The van der Waals surface area contributed by atoms with Gasteiger partial charge in [0.15, 0.2) is 10.8 Å². The van der Waals surface area contributed by atoms with Crippen molar-refractivity contribution in [3.8, 4) is 22.5 Å². The maximum atomic E-state index is 13.9. The molecule has 7 aromatic rings. The molecule has 0 radical (unpaired) electrons. The summed E-state index contributed by atoms with van der Waals surface area (Å²) in [7, 11) is -4.51. The van der Waals surface area contributed by atoms with E-state index in [2.05, 4.69) is 55.4 Å². The van der Waals surface area contributed by atoms with Gasteiger partial charge in [0.05, 0.1) is 56.8 Å². The number of amides is 9. The molecule has 101 heavy (non-hydrogen) atoms. The third-order valence-electron chi connectivity index (χ3n) is 19.2. The van der Waals surface area contributed by atoms with E-state index in [1.807, 2.05) is 47.3 Å². The largest absolute Gasteiger partial charge is 0.476 e. The predicted molar refractivity (Wildman–Crippen MR) is 375 cm³/mol. The fraction of sp³-hybridized carbons (Fsp3) is 0.437. The number of nitrogens with zero attached hydrogens (tertiary/aromatic N) is 6. The van der Waals surface area contributed by atoms with Crippen LogP contribution in [0, 0.1) is 22.2 Å². The Hall–Kier alpha value is -9.91. The highest BCUT2D eigenvalue weighted by atomic mass is 32.2. The average Bonchev–Trinajstić information content (AvgIpc) is 1.38. The van der Waals surface area contributed by atoms with Crippen LogP contribution in [0.2, 0.25) is 0 Å². The van der Waals surface area contributed by atoms with E-state index in [1.54, 1.807) is 68.6 Å². The number of anilines is 2. The monoisotopic (exact) mass is 1420 g/mol. The number of unbranched alkanes of at least 4 members (excludes halogenated alkanes) is 2. The second-order valence-electron chi connectivity index (χ2n) is 28.2. The number of carboxylic acids is 1. The number of carbonyl (C=O) groups is 9. The first-order chi connectivity index (χ1) is 48.0. The summed E-state index contributed by atoms with van der Waals surface area (Å²) in [5.41, 5.74) is 8.27. The quantitative estimate of drug-likeness (QED) is 0.0108. The van der Waals surface area contributed by atoms with Crippen molar-refractivity contribution < 1.29 is 70.7 Å². The molecule has 3 unspecified atom stereocenters. The van der Waals surface area contributed by atoms with Gasteiger partial charge in [0.25, 0.3) is 27.8 Å². The molecule has 9 amide bonds. The van der Waals surface area contributed by atoms with Gasteiger partial charge in [0.1, 0.15) is 18.7 Å². The highest BCUT2D eigenvalue weighted by Crippen LogP contribution is 2.72. The number of hydrogen-bond donors (Lipinski definition) is 9. The highest BCUT2D eigenvalue weighted by molar-refractivity contribution is 7.85. The highest BCUT2D eigenvalue weighted by Gasteiger charge is 2.66. The number of para-hydroxylation sites is 2. The topological polar surface area (TPSA) is 399 Å². The Morgan fingerprint density at radius 3 is 2.27 bits per heavy atom. The number of nitrogens with two attached hydrogens (primary N) is 1. The van der Waals surface area contributed by atoms with E-state index in [1.165, 1.54) is 28.4 Å². The minimum absolute atomic E-state index is 0.0225. The molecule has 5 heterocycles. The minimum atomic E-state index is -4.51. The summed E-state index contributed by atoms with van der Waals surface area (Å²) >= 11 is 1.37. The molecular formula is C71H83N13O15S2. The van der Waals surface area contributed by atoms with Gasteiger partial charge in [-0.2, -0.15) is 13.5 Å². The molecule has 3 aromatic carbocycles. The molecule has 12 rings (SSSR count). The SMILES string of the molecule is CC(C)C(NC(=O)CCCCCN1C(=O)C=CC1=O)C(=O)N[C@@H](CCCNC(N)=O)C(=O)Nc1ccc(COC(=O)N(CCOC23CC4(C)CC(C)(CC(Cn5cc(-c6ccc(-c7cc8cccc(C(=O)Nc9nc%10ccccc%10s9)c8[nH]7)nc6C(=O)O)cn5)(C4)C2)C3)CCS(=O)(=O)O)cc1. The van der Waals surface area contributed by atoms with Crippen LogP contribution in [-0.4, -0.2) is 162 Å². The van der Waals surface area contributed by atoms with Crippen LogP contribution in [0.25, 0.3) is 43.6 Å². The lowest BCUT2D eigenvalue weighted by molar-refractivity contribution is -0.248. The number of urea groups is 1. The number of nitrogens with one attached hydrogen (secondary N) is 6. The zero-order valence-corrected chi connectivity index (χ0v) is 58.2.